The lowest BCUT2D eigenvalue weighted by molar-refractivity contribution is 1.61. The van der Waals surface area contributed by atoms with Gasteiger partial charge in [0.1, 0.15) is 0 Å². The van der Waals surface area contributed by atoms with Crippen molar-refractivity contribution in [1.82, 2.24) is 0 Å². The molecule has 1 aromatic carbocycles. The number of isothiocyanates is 1. The molecule has 0 saturated heterocycles. The second-order valence-electron chi connectivity index (χ2n) is 1.61. The molecule has 1 aromatic rings. The molecule has 0 saturated carbocycles. The van der Waals surface area contributed by atoms with Crippen molar-refractivity contribution in [3.63, 3.8) is 0 Å². The lowest BCUT2D eigenvalue weighted by atomic mass is 10.2. The first kappa shape index (κ1) is 9.58. The predicted molar refractivity (Wildman–Crippen MR) is 49.7 cm³/mol. The third-order valence-corrected chi connectivity index (χ3v) is 0.940. The minimum Gasteiger partial charge on any atom is -0.248 e. The van der Waals surface area contributed by atoms with Crippen molar-refractivity contribution in [2.75, 3.05) is 0 Å². The Morgan fingerprint density at radius 3 is 2.00 bits per heavy atom. The Bertz CT molecular complexity index is 265. The summed E-state index contributed by atoms with van der Waals surface area (Å²) in [6.07, 6.45) is 5.10. The molecule has 0 unspecified atom stereocenters. The van der Waals surface area contributed by atoms with Crippen molar-refractivity contribution in [3.05, 3.63) is 35.9 Å². The zero-order valence-corrected chi connectivity index (χ0v) is 6.69. The number of hydrogen-bond acceptors (Lipinski definition) is 2. The summed E-state index contributed by atoms with van der Waals surface area (Å²) in [4.78, 5) is 0. The van der Waals surface area contributed by atoms with Crippen LogP contribution < -0.4 is 0 Å². The van der Waals surface area contributed by atoms with E-state index in [1.165, 1.54) is 0 Å². The van der Waals surface area contributed by atoms with E-state index in [4.69, 9.17) is 11.8 Å². The second kappa shape index (κ2) is 6.70. The van der Waals surface area contributed by atoms with E-state index in [0.717, 1.165) is 5.56 Å². The van der Waals surface area contributed by atoms with Crippen LogP contribution in [0.4, 0.5) is 0 Å². The number of benzene rings is 1. The fourth-order valence-corrected chi connectivity index (χ4v) is 0.534. The monoisotopic (exact) mass is 161 g/mol. The number of terminal acetylenes is 1. The highest BCUT2D eigenvalue weighted by Gasteiger charge is 1.76. The van der Waals surface area contributed by atoms with Crippen LogP contribution in [0.1, 0.15) is 5.56 Å². The van der Waals surface area contributed by atoms with Crippen molar-refractivity contribution in [1.29, 1.82) is 5.41 Å². The van der Waals surface area contributed by atoms with E-state index in [0.29, 0.717) is 0 Å². The van der Waals surface area contributed by atoms with Crippen LogP contribution in [0.15, 0.2) is 30.3 Å². The molecule has 0 bridgehead atoms. The highest BCUT2D eigenvalue weighted by Crippen LogP contribution is 1.92. The molecule has 1 nitrogen and oxygen atoms in total. The number of hydrogen-bond donors (Lipinski definition) is 1. The summed E-state index contributed by atoms with van der Waals surface area (Å²) in [5, 5.41) is 7.36. The van der Waals surface area contributed by atoms with Crippen LogP contribution in [0.3, 0.4) is 0 Å². The van der Waals surface area contributed by atoms with E-state index in [1.54, 1.807) is 5.16 Å². The van der Waals surface area contributed by atoms with Gasteiger partial charge in [-0.3, -0.25) is 0 Å². The molecule has 0 aliphatic rings. The molecule has 2 heteroatoms. The fourth-order valence-electron chi connectivity index (χ4n) is 0.534. The predicted octanol–water partition coefficient (Wildman–Crippen LogP) is 2.34. The van der Waals surface area contributed by atoms with Gasteiger partial charge in [-0.2, -0.15) is 0 Å². The molecule has 1 N–H and O–H groups in total. The van der Waals surface area contributed by atoms with Gasteiger partial charge in [0.15, 0.2) is 0 Å². The van der Waals surface area contributed by atoms with Gasteiger partial charge in [0.05, 0.1) is 5.16 Å². The highest BCUT2D eigenvalue weighted by atomic mass is 32.1. The molecule has 1 rings (SSSR count). The van der Waals surface area contributed by atoms with Crippen molar-refractivity contribution in [2.45, 2.75) is 0 Å². The summed E-state index contributed by atoms with van der Waals surface area (Å²) in [5.41, 5.74) is 0.938. The molecular weight excluding hydrogens is 154 g/mol. The van der Waals surface area contributed by atoms with Crippen LogP contribution in [0.25, 0.3) is 0 Å². The van der Waals surface area contributed by atoms with Crippen LogP contribution >= 0.6 is 12.2 Å². The Hall–Kier alpha value is -1.42. The van der Waals surface area contributed by atoms with Crippen LogP contribution in [0.5, 0.6) is 0 Å². The number of thiocarbonyl (C=S) groups is 1. The molecule has 11 heavy (non-hydrogen) atoms. The van der Waals surface area contributed by atoms with Crippen LogP contribution in [0, 0.1) is 17.8 Å². The minimum atomic E-state index is 0.938. The van der Waals surface area contributed by atoms with Crippen molar-refractivity contribution >= 4 is 17.4 Å². The summed E-state index contributed by atoms with van der Waals surface area (Å²) in [5.74, 6) is 2.53. The maximum atomic E-state index is 5.77. The van der Waals surface area contributed by atoms with Gasteiger partial charge in [0.25, 0.3) is 0 Å². The number of rotatable bonds is 0. The van der Waals surface area contributed by atoms with Gasteiger partial charge in [-0.25, -0.2) is 5.41 Å². The molecule has 0 aliphatic carbocycles. The average molecular weight is 161 g/mol. The van der Waals surface area contributed by atoms with E-state index in [9.17, 15) is 0 Å². The maximum absolute atomic E-state index is 5.77. The first-order valence-corrected chi connectivity index (χ1v) is 3.31. The summed E-state index contributed by atoms with van der Waals surface area (Å²) >= 11 is 3.81. The van der Waals surface area contributed by atoms with Gasteiger partial charge >= 0.3 is 0 Å². The van der Waals surface area contributed by atoms with Gasteiger partial charge < -0.3 is 0 Å². The fraction of sp³-hybridized carbons (Fsp3) is 0. The average Bonchev–Trinajstić information content (AvgIpc) is 2.08. The third kappa shape index (κ3) is 5.05. The second-order valence-corrected chi connectivity index (χ2v) is 1.82. The van der Waals surface area contributed by atoms with E-state index >= 15 is 0 Å². The molecule has 0 spiro atoms. The molecule has 0 fully saturated rings. The minimum absolute atomic E-state index is 0.938. The van der Waals surface area contributed by atoms with Crippen LogP contribution in [0.2, 0.25) is 0 Å². The first-order valence-electron chi connectivity index (χ1n) is 2.90. The zero-order valence-electron chi connectivity index (χ0n) is 5.87. The normalized spacial score (nSPS) is 6.45. The Kier molecular flexibility index (Phi) is 5.83. The van der Waals surface area contributed by atoms with Gasteiger partial charge in [-0.1, -0.05) is 24.1 Å². The molecule has 0 aromatic heterocycles. The number of nitrogens with one attached hydrogen (secondary N) is 1. The Labute approximate surface area is 71.6 Å². The van der Waals surface area contributed by atoms with E-state index < -0.39 is 0 Å². The topological polar surface area (TPSA) is 23.9 Å². The molecule has 0 aliphatic heterocycles. The molecule has 0 heterocycles. The third-order valence-electron chi connectivity index (χ3n) is 0.940. The van der Waals surface area contributed by atoms with E-state index in [-0.39, 0.29) is 0 Å². The quantitative estimate of drug-likeness (QED) is 0.352. The lowest BCUT2D eigenvalue weighted by Crippen LogP contribution is -1.66. The highest BCUT2D eigenvalue weighted by molar-refractivity contribution is 7.78. The van der Waals surface area contributed by atoms with Gasteiger partial charge in [-0.05, 0) is 24.4 Å². The Balaban J connectivity index is 0.000000292. The smallest absolute Gasteiger partial charge is 0.0554 e. The van der Waals surface area contributed by atoms with Crippen molar-refractivity contribution < 1.29 is 0 Å². The zero-order chi connectivity index (χ0) is 8.53. The molecule has 0 amide bonds. The van der Waals surface area contributed by atoms with Crippen LogP contribution in [-0.4, -0.2) is 5.16 Å². The molecular formula is C9H7NS. The summed E-state index contributed by atoms with van der Waals surface area (Å²) in [6.45, 7) is 0. The van der Waals surface area contributed by atoms with Gasteiger partial charge in [0.2, 0.25) is 0 Å². The molecule has 0 radical (unpaired) electrons. The Morgan fingerprint density at radius 1 is 1.27 bits per heavy atom. The van der Waals surface area contributed by atoms with Gasteiger partial charge in [0, 0.05) is 5.56 Å². The van der Waals surface area contributed by atoms with Crippen molar-refractivity contribution in [3.8, 4) is 12.3 Å². The van der Waals surface area contributed by atoms with E-state index in [2.05, 4.69) is 18.1 Å². The summed E-state index contributed by atoms with van der Waals surface area (Å²) in [7, 11) is 0. The first-order chi connectivity index (χ1) is 5.35. The lowest BCUT2D eigenvalue weighted by Gasteiger charge is -1.82. The Morgan fingerprint density at radius 2 is 1.73 bits per heavy atom. The van der Waals surface area contributed by atoms with Crippen molar-refractivity contribution in [2.24, 2.45) is 0 Å². The molecule has 54 valence electrons. The van der Waals surface area contributed by atoms with E-state index in [1.807, 2.05) is 30.3 Å². The standard InChI is InChI=1S/C8H6.CHNS/c1-2-8-6-4-3-5-7-8;2-1-3/h1,3-7H;2H. The largest absolute Gasteiger partial charge is 0.248 e. The molecule has 0 atom stereocenters. The van der Waals surface area contributed by atoms with Gasteiger partial charge in [-0.15, -0.1) is 6.42 Å². The summed E-state index contributed by atoms with van der Waals surface area (Å²) in [6, 6.07) is 9.60. The maximum Gasteiger partial charge on any atom is 0.0554 e. The SMILES string of the molecule is C#Cc1ccccc1.N=C=S. The van der Waals surface area contributed by atoms with Crippen LogP contribution in [-0.2, 0) is 0 Å². The summed E-state index contributed by atoms with van der Waals surface area (Å²) < 4.78 is 0.